The summed E-state index contributed by atoms with van der Waals surface area (Å²) in [5.41, 5.74) is -2.79. The first-order valence-corrected chi connectivity index (χ1v) is 10.4. The van der Waals surface area contributed by atoms with Gasteiger partial charge in [-0.25, -0.2) is 0 Å². The number of halogens is 3. The zero-order valence-electron chi connectivity index (χ0n) is 16.6. The first kappa shape index (κ1) is 21.2. The number of amides is 1. The Kier molecular flexibility index (Phi) is 6.08. The molecule has 2 fully saturated rings. The van der Waals surface area contributed by atoms with Crippen LogP contribution in [-0.4, -0.2) is 34.2 Å². The van der Waals surface area contributed by atoms with Crippen LogP contribution in [0, 0.1) is 5.92 Å². The largest absolute Gasteiger partial charge is 0.421 e. The van der Waals surface area contributed by atoms with E-state index in [4.69, 9.17) is 0 Å². The van der Waals surface area contributed by atoms with E-state index in [1.165, 1.54) is 37.1 Å². The number of rotatable bonds is 6. The molecule has 1 aromatic carbocycles. The predicted octanol–water partition coefficient (Wildman–Crippen LogP) is 5.42. The summed E-state index contributed by atoms with van der Waals surface area (Å²) in [6.45, 7) is 2.93. The number of benzene rings is 1. The second-order valence-corrected chi connectivity index (χ2v) is 8.55. The van der Waals surface area contributed by atoms with Gasteiger partial charge in [0.1, 0.15) is 0 Å². The molecule has 1 aromatic rings. The van der Waals surface area contributed by atoms with Crippen LogP contribution >= 0.6 is 0 Å². The van der Waals surface area contributed by atoms with Crippen molar-refractivity contribution >= 4 is 5.91 Å². The molecule has 0 aromatic heterocycles. The molecule has 0 spiro atoms. The predicted molar refractivity (Wildman–Crippen MR) is 102 cm³/mol. The maximum absolute atomic E-state index is 13.1. The Morgan fingerprint density at radius 1 is 1.04 bits per heavy atom. The van der Waals surface area contributed by atoms with Crippen LogP contribution < -0.4 is 0 Å². The number of alkyl halides is 3. The fourth-order valence-electron chi connectivity index (χ4n) is 4.35. The molecule has 0 saturated heterocycles. The van der Waals surface area contributed by atoms with E-state index in [1.807, 2.05) is 4.90 Å². The molecule has 0 heterocycles. The third-order valence-electron chi connectivity index (χ3n) is 6.33. The lowest BCUT2D eigenvalue weighted by molar-refractivity contribution is -0.258. The Bertz CT molecular complexity index is 672. The summed E-state index contributed by atoms with van der Waals surface area (Å²) < 4.78 is 39.1. The van der Waals surface area contributed by atoms with Crippen molar-refractivity contribution < 1.29 is 23.1 Å². The molecule has 3 nitrogen and oxygen atoms in total. The molecule has 2 aliphatic carbocycles. The van der Waals surface area contributed by atoms with Crippen LogP contribution in [0.25, 0.3) is 0 Å². The summed E-state index contributed by atoms with van der Waals surface area (Å²) in [5, 5.41) is 9.81. The molecule has 0 unspecified atom stereocenters. The first-order chi connectivity index (χ1) is 13.1. The van der Waals surface area contributed by atoms with Crippen molar-refractivity contribution in [1.29, 1.82) is 0 Å². The molecule has 2 aliphatic rings. The maximum atomic E-state index is 13.1. The van der Waals surface area contributed by atoms with Crippen molar-refractivity contribution in [3.63, 3.8) is 0 Å². The van der Waals surface area contributed by atoms with Crippen LogP contribution in [0.2, 0.25) is 0 Å². The fraction of sp³-hybridized carbons (Fsp3) is 0.682. The van der Waals surface area contributed by atoms with Crippen LogP contribution in [0.1, 0.15) is 81.1 Å². The minimum Gasteiger partial charge on any atom is -0.376 e. The van der Waals surface area contributed by atoms with E-state index < -0.39 is 11.8 Å². The Hall–Kier alpha value is -1.56. The first-order valence-electron chi connectivity index (χ1n) is 10.4. The summed E-state index contributed by atoms with van der Waals surface area (Å²) in [7, 11) is 0. The van der Waals surface area contributed by atoms with Crippen molar-refractivity contribution in [3.8, 4) is 0 Å². The Morgan fingerprint density at radius 3 is 1.96 bits per heavy atom. The zero-order chi connectivity index (χ0) is 20.5. The van der Waals surface area contributed by atoms with Gasteiger partial charge >= 0.3 is 6.18 Å². The highest BCUT2D eigenvalue weighted by molar-refractivity contribution is 5.95. The van der Waals surface area contributed by atoms with Gasteiger partial charge < -0.3 is 10.0 Å². The number of nitrogens with zero attached hydrogens (tertiary/aromatic N) is 1. The third-order valence-corrected chi connectivity index (χ3v) is 6.33. The summed E-state index contributed by atoms with van der Waals surface area (Å²) >= 11 is 0. The van der Waals surface area contributed by atoms with Crippen molar-refractivity contribution in [2.24, 2.45) is 5.92 Å². The van der Waals surface area contributed by atoms with Crippen LogP contribution in [0.5, 0.6) is 0 Å². The minimum atomic E-state index is -4.77. The molecule has 2 saturated carbocycles. The maximum Gasteiger partial charge on any atom is 0.421 e. The van der Waals surface area contributed by atoms with Gasteiger partial charge in [-0.3, -0.25) is 4.79 Å². The van der Waals surface area contributed by atoms with Gasteiger partial charge in [0, 0.05) is 17.6 Å². The van der Waals surface area contributed by atoms with Gasteiger partial charge in [-0.05, 0) is 69.1 Å². The molecule has 1 atom stereocenters. The lowest BCUT2D eigenvalue weighted by Gasteiger charge is -2.37. The second-order valence-electron chi connectivity index (χ2n) is 8.55. The quantitative estimate of drug-likeness (QED) is 0.696. The molecule has 0 aliphatic heterocycles. The summed E-state index contributed by atoms with van der Waals surface area (Å²) in [6, 6.07) is 5.74. The molecular formula is C22H30F3NO2. The average molecular weight is 397 g/mol. The summed E-state index contributed by atoms with van der Waals surface area (Å²) in [5.74, 6) is 0.654. The molecule has 1 N–H and O–H groups in total. The number of hydrogen-bond acceptors (Lipinski definition) is 2. The molecule has 6 heteroatoms. The van der Waals surface area contributed by atoms with Gasteiger partial charge in [0.2, 0.25) is 0 Å². The lowest BCUT2D eigenvalue weighted by Crippen LogP contribution is -2.44. The van der Waals surface area contributed by atoms with Gasteiger partial charge in [-0.2, -0.15) is 13.2 Å². The third kappa shape index (κ3) is 4.37. The highest BCUT2D eigenvalue weighted by Crippen LogP contribution is 2.40. The SMILES string of the molecule is CCC[C@H]1CC[C@H](N(C(=O)c2ccc([C@](C)(O)C(F)(F)F)cc2)C2CC2)CC1. The fourth-order valence-corrected chi connectivity index (χ4v) is 4.35. The van der Waals surface area contributed by atoms with Gasteiger partial charge in [-0.1, -0.05) is 31.9 Å². The van der Waals surface area contributed by atoms with Crippen molar-refractivity contribution in [2.75, 3.05) is 0 Å². The minimum absolute atomic E-state index is 0.0976. The van der Waals surface area contributed by atoms with E-state index in [2.05, 4.69) is 6.92 Å². The van der Waals surface area contributed by atoms with Crippen LogP contribution in [0.4, 0.5) is 13.2 Å². The summed E-state index contributed by atoms with van der Waals surface area (Å²) in [4.78, 5) is 15.1. The highest BCUT2D eigenvalue weighted by atomic mass is 19.4. The normalized spacial score (nSPS) is 25.2. The highest BCUT2D eigenvalue weighted by Gasteiger charge is 2.51. The molecule has 0 bridgehead atoms. The molecule has 28 heavy (non-hydrogen) atoms. The van der Waals surface area contributed by atoms with E-state index >= 15 is 0 Å². The van der Waals surface area contributed by atoms with Crippen molar-refractivity contribution in [2.45, 2.75) is 89.1 Å². The van der Waals surface area contributed by atoms with Crippen molar-refractivity contribution in [3.05, 3.63) is 35.4 Å². The molecule has 156 valence electrons. The van der Waals surface area contributed by atoms with Crippen LogP contribution in [0.15, 0.2) is 24.3 Å². The van der Waals surface area contributed by atoms with E-state index in [0.29, 0.717) is 5.56 Å². The number of hydrogen-bond donors (Lipinski definition) is 1. The standard InChI is InChI=1S/C22H30F3NO2/c1-3-4-15-5-11-18(12-6-15)26(19-13-14-19)20(27)16-7-9-17(10-8-16)21(2,28)22(23,24)25/h7-10,15,18-19,28H,3-6,11-14H2,1-2H3/t15-,18-,21-/m0/s1. The number of aliphatic hydroxyl groups is 1. The van der Waals surface area contributed by atoms with Gasteiger partial charge in [0.05, 0.1) is 0 Å². The summed E-state index contributed by atoms with van der Waals surface area (Å²) in [6.07, 6.45) is 3.96. The number of carbonyl (C=O) groups is 1. The zero-order valence-corrected chi connectivity index (χ0v) is 16.6. The average Bonchev–Trinajstić information content (AvgIpc) is 3.47. The van der Waals surface area contributed by atoms with E-state index in [-0.39, 0.29) is 23.6 Å². The van der Waals surface area contributed by atoms with Crippen LogP contribution in [-0.2, 0) is 5.60 Å². The van der Waals surface area contributed by atoms with Crippen molar-refractivity contribution in [1.82, 2.24) is 4.90 Å². The van der Waals surface area contributed by atoms with Crippen LogP contribution in [0.3, 0.4) is 0 Å². The van der Waals surface area contributed by atoms with Gasteiger partial charge in [0.25, 0.3) is 5.91 Å². The Balaban J connectivity index is 1.72. The topological polar surface area (TPSA) is 40.5 Å². The number of carbonyl (C=O) groups excluding carboxylic acids is 1. The molecular weight excluding hydrogens is 367 g/mol. The monoisotopic (exact) mass is 397 g/mol. The molecule has 0 radical (unpaired) electrons. The molecule has 3 rings (SSSR count). The van der Waals surface area contributed by atoms with Gasteiger partial charge in [-0.15, -0.1) is 0 Å². The Morgan fingerprint density at radius 2 is 1.54 bits per heavy atom. The van der Waals surface area contributed by atoms with Gasteiger partial charge in [0.15, 0.2) is 5.60 Å². The molecule has 1 amide bonds. The second kappa shape index (κ2) is 8.05. The van der Waals surface area contributed by atoms with E-state index in [1.54, 1.807) is 0 Å². The smallest absolute Gasteiger partial charge is 0.376 e. The Labute approximate surface area is 164 Å². The lowest BCUT2D eigenvalue weighted by atomic mass is 9.82. The van der Waals surface area contributed by atoms with E-state index in [9.17, 15) is 23.1 Å². The van der Waals surface area contributed by atoms with E-state index in [0.717, 1.165) is 51.4 Å².